The number of ether oxygens (including phenoxy) is 4. The number of hydrogen-bond donors (Lipinski definition) is 8. The van der Waals surface area contributed by atoms with Crippen molar-refractivity contribution in [1.29, 1.82) is 0 Å². The lowest BCUT2D eigenvalue weighted by molar-refractivity contribution is -0.149. The van der Waals surface area contributed by atoms with Crippen LogP contribution in [0.2, 0.25) is 0 Å². The van der Waals surface area contributed by atoms with Gasteiger partial charge in [0, 0.05) is 32.2 Å². The lowest BCUT2D eigenvalue weighted by Crippen LogP contribution is -2.42. The lowest BCUT2D eigenvalue weighted by Gasteiger charge is -2.18. The van der Waals surface area contributed by atoms with Gasteiger partial charge in [-0.1, -0.05) is 83.3 Å². The molecule has 12 N–H and O–H groups in total. The van der Waals surface area contributed by atoms with E-state index in [9.17, 15) is 38.4 Å². The fraction of sp³-hybridized carbons (Fsp3) is 0.804. The molecule has 20 nitrogen and oxygen atoms in total. The highest BCUT2D eigenvalue weighted by molar-refractivity contribution is 5.86. The predicted molar refractivity (Wildman–Crippen MR) is 273 cm³/mol. The number of hydrogen-bond acceptors (Lipinski definition) is 16. The summed E-state index contributed by atoms with van der Waals surface area (Å²) in [5.74, 6) is -3.96. The second-order valence-electron chi connectivity index (χ2n) is 17.8. The number of allylic oxidation sites excluding steroid dienone is 2. The molecule has 0 aromatic carbocycles. The van der Waals surface area contributed by atoms with E-state index in [1.54, 1.807) is 0 Å². The van der Waals surface area contributed by atoms with E-state index in [1.165, 1.54) is 38.5 Å². The third kappa shape index (κ3) is 42.7. The van der Waals surface area contributed by atoms with E-state index in [4.69, 9.17) is 41.9 Å². The van der Waals surface area contributed by atoms with E-state index < -0.39 is 41.9 Å². The molecule has 71 heavy (non-hydrogen) atoms. The van der Waals surface area contributed by atoms with Gasteiger partial charge in [0.15, 0.2) is 0 Å². The van der Waals surface area contributed by atoms with Gasteiger partial charge in [0.05, 0.1) is 51.2 Å². The Hall–Kier alpha value is -4.66. The maximum atomic E-state index is 13.1. The second-order valence-corrected chi connectivity index (χ2v) is 17.8. The first-order valence-corrected chi connectivity index (χ1v) is 26.7. The number of esters is 4. The fourth-order valence-electron chi connectivity index (χ4n) is 7.03. The molecule has 0 radical (unpaired) electrons. The van der Waals surface area contributed by atoms with E-state index in [2.05, 4.69) is 40.3 Å². The van der Waals surface area contributed by atoms with Crippen LogP contribution in [0.3, 0.4) is 0 Å². The maximum absolute atomic E-state index is 13.1. The Morgan fingerprint density at radius 2 is 0.901 bits per heavy atom. The molecule has 0 heterocycles. The summed E-state index contributed by atoms with van der Waals surface area (Å²) in [6.45, 7) is 3.48. The van der Waals surface area contributed by atoms with Crippen molar-refractivity contribution >= 4 is 47.5 Å². The minimum absolute atomic E-state index is 0.0502. The lowest BCUT2D eigenvalue weighted by atomic mass is 10.1. The summed E-state index contributed by atoms with van der Waals surface area (Å²) < 4.78 is 21.0. The van der Waals surface area contributed by atoms with Crippen LogP contribution in [0, 0.1) is 0 Å². The molecule has 3 atom stereocenters. The Bertz CT molecular complexity index is 1490. The highest BCUT2D eigenvalue weighted by Gasteiger charge is 2.23. The fourth-order valence-corrected chi connectivity index (χ4v) is 7.03. The van der Waals surface area contributed by atoms with E-state index in [0.717, 1.165) is 70.6 Å². The number of rotatable bonds is 48. The molecule has 4 amide bonds. The quantitative estimate of drug-likeness (QED) is 0.0184. The summed E-state index contributed by atoms with van der Waals surface area (Å²) in [6.07, 6.45) is 24.5. The van der Waals surface area contributed by atoms with E-state index in [0.29, 0.717) is 45.2 Å². The van der Waals surface area contributed by atoms with Crippen molar-refractivity contribution in [3.63, 3.8) is 0 Å². The Kier molecular flexibility index (Phi) is 44.5. The molecule has 20 heteroatoms. The van der Waals surface area contributed by atoms with Crippen LogP contribution < -0.4 is 44.2 Å². The Morgan fingerprint density at radius 3 is 1.45 bits per heavy atom. The summed E-state index contributed by atoms with van der Waals surface area (Å²) >= 11 is 0. The SMILES string of the molecule is CCCCCCCC/C=C\CCCCCCCC(=O)OCCCOC(=O)C(CCCCNC(=O)CCC(=O)OCCNC(=O)C(N)CCCCN)NC(=O)CCC(=O)OCCNC(=O)C(N)CCCCN. The van der Waals surface area contributed by atoms with Gasteiger partial charge in [0.2, 0.25) is 23.6 Å². The van der Waals surface area contributed by atoms with Gasteiger partial charge in [0.25, 0.3) is 0 Å². The monoisotopic (exact) mass is 1010 g/mol. The smallest absolute Gasteiger partial charge is 0.328 e. The molecule has 0 aromatic rings. The largest absolute Gasteiger partial charge is 0.466 e. The zero-order chi connectivity index (χ0) is 52.6. The van der Waals surface area contributed by atoms with Crippen LogP contribution in [0.4, 0.5) is 0 Å². The average Bonchev–Trinajstić information content (AvgIpc) is 3.35. The number of carbonyl (C=O) groups excluding carboxylic acids is 8. The molecule has 0 fully saturated rings. The predicted octanol–water partition coefficient (Wildman–Crippen LogP) is 4.06. The molecule has 410 valence electrons. The summed E-state index contributed by atoms with van der Waals surface area (Å²) in [7, 11) is 0. The molecule has 0 bridgehead atoms. The van der Waals surface area contributed by atoms with Crippen LogP contribution in [-0.4, -0.2) is 125 Å². The van der Waals surface area contributed by atoms with Gasteiger partial charge >= 0.3 is 23.9 Å². The molecule has 0 saturated carbocycles. The number of carbonyl (C=O) groups is 8. The molecule has 3 unspecified atom stereocenters. The summed E-state index contributed by atoms with van der Waals surface area (Å²) in [6, 6.07) is -2.43. The molecule has 0 aliphatic carbocycles. The number of nitrogens with one attached hydrogen (secondary N) is 4. The van der Waals surface area contributed by atoms with Gasteiger partial charge in [-0.25, -0.2) is 4.79 Å². The van der Waals surface area contributed by atoms with Gasteiger partial charge in [-0.3, -0.25) is 33.6 Å². The van der Waals surface area contributed by atoms with Crippen LogP contribution in [0.15, 0.2) is 12.2 Å². The zero-order valence-electron chi connectivity index (χ0n) is 43.3. The van der Waals surface area contributed by atoms with Crippen LogP contribution in [-0.2, 0) is 57.3 Å². The van der Waals surface area contributed by atoms with Gasteiger partial charge < -0.3 is 63.1 Å². The van der Waals surface area contributed by atoms with Gasteiger partial charge in [-0.05, 0) is 90.1 Å². The number of amides is 4. The van der Waals surface area contributed by atoms with Crippen LogP contribution in [0.5, 0.6) is 0 Å². The van der Waals surface area contributed by atoms with Crippen molar-refractivity contribution in [2.75, 3.05) is 59.2 Å². The molecule has 0 rings (SSSR count). The molecule has 0 aliphatic rings. The minimum Gasteiger partial charge on any atom is -0.466 e. The molecule has 0 aliphatic heterocycles. The first-order chi connectivity index (χ1) is 34.3. The third-order valence-corrected chi connectivity index (χ3v) is 11.4. The highest BCUT2D eigenvalue weighted by atomic mass is 16.6. The number of unbranched alkanes of at least 4 members (excludes halogenated alkanes) is 14. The Balaban J connectivity index is 4.69. The highest BCUT2D eigenvalue weighted by Crippen LogP contribution is 2.11. The van der Waals surface area contributed by atoms with Gasteiger partial charge in [-0.15, -0.1) is 0 Å². The summed E-state index contributed by atoms with van der Waals surface area (Å²) in [4.78, 5) is 99.2. The average molecular weight is 1010 g/mol. The number of nitrogens with two attached hydrogens (primary N) is 4. The van der Waals surface area contributed by atoms with Crippen molar-refractivity contribution < 1.29 is 57.3 Å². The maximum Gasteiger partial charge on any atom is 0.328 e. The van der Waals surface area contributed by atoms with Crippen molar-refractivity contribution in [1.82, 2.24) is 21.3 Å². The minimum atomic E-state index is -1.06. The normalized spacial score (nSPS) is 12.4. The summed E-state index contributed by atoms with van der Waals surface area (Å²) in [5, 5.41) is 10.5. The first kappa shape index (κ1) is 66.3. The standard InChI is InChI=1S/C51H94N8O12/c1-2-3-4-5-6-7-8-9-10-11-12-13-14-15-16-27-46(62)68-37-23-38-71-51(67)43(59-45(61)29-31-48(64)70-40-36-58-50(66)42(55)25-18-21-33-53)26-19-22-34-56-44(60)28-30-47(63)69-39-35-57-49(65)41(54)24-17-20-32-52/h9-10,41-43H,2-8,11-40,52-55H2,1H3,(H,56,60)(H,57,65)(H,58,66)(H,59,61)/b10-9-. The Labute approximate surface area is 424 Å². The van der Waals surface area contributed by atoms with Crippen molar-refractivity contribution in [2.24, 2.45) is 22.9 Å². The van der Waals surface area contributed by atoms with Crippen molar-refractivity contribution in [3.05, 3.63) is 12.2 Å². The van der Waals surface area contributed by atoms with E-state index in [-0.39, 0.29) is 108 Å². The second kappa shape index (κ2) is 47.7. The van der Waals surface area contributed by atoms with Crippen molar-refractivity contribution in [2.45, 2.75) is 205 Å². The van der Waals surface area contributed by atoms with Gasteiger partial charge in [-0.2, -0.15) is 0 Å². The zero-order valence-corrected chi connectivity index (χ0v) is 43.3. The summed E-state index contributed by atoms with van der Waals surface area (Å²) in [5.41, 5.74) is 22.6. The van der Waals surface area contributed by atoms with E-state index >= 15 is 0 Å². The van der Waals surface area contributed by atoms with Crippen LogP contribution in [0.25, 0.3) is 0 Å². The van der Waals surface area contributed by atoms with Gasteiger partial charge in [0.1, 0.15) is 19.3 Å². The molecular formula is C51H94N8O12. The van der Waals surface area contributed by atoms with Crippen LogP contribution in [0.1, 0.15) is 187 Å². The first-order valence-electron chi connectivity index (χ1n) is 26.7. The Morgan fingerprint density at radius 1 is 0.437 bits per heavy atom. The molecule has 0 saturated heterocycles. The van der Waals surface area contributed by atoms with Crippen LogP contribution >= 0.6 is 0 Å². The molecule has 0 aromatic heterocycles. The van der Waals surface area contributed by atoms with Crippen molar-refractivity contribution in [3.8, 4) is 0 Å². The topological polar surface area (TPSA) is 326 Å². The van der Waals surface area contributed by atoms with E-state index in [1.807, 2.05) is 0 Å². The molecule has 0 spiro atoms. The third-order valence-electron chi connectivity index (χ3n) is 11.4. The molecular weight excluding hydrogens is 917 g/mol.